The Hall–Kier alpha value is -0.610. The number of hydrogen-bond acceptors (Lipinski definition) is 4. The Kier molecular flexibility index (Phi) is 2.49. The van der Waals surface area contributed by atoms with Crippen molar-refractivity contribution < 1.29 is 14.6 Å². The monoisotopic (exact) mass is 199 g/mol. The molecule has 0 unspecified atom stereocenters. The summed E-state index contributed by atoms with van der Waals surface area (Å²) in [6, 6.07) is 0.598. The van der Waals surface area contributed by atoms with Gasteiger partial charge < -0.3 is 9.84 Å². The number of piperidine rings is 1. The maximum atomic E-state index is 10.9. The first kappa shape index (κ1) is 9.93. The lowest BCUT2D eigenvalue weighted by molar-refractivity contribution is -0.147. The minimum atomic E-state index is -0.221. The number of carbonyl (C=O) groups excluding carboxylic acids is 1. The van der Waals surface area contributed by atoms with Gasteiger partial charge in [-0.1, -0.05) is 0 Å². The van der Waals surface area contributed by atoms with E-state index in [1.54, 1.807) is 0 Å². The van der Waals surface area contributed by atoms with Gasteiger partial charge in [0.15, 0.2) is 0 Å². The van der Waals surface area contributed by atoms with Gasteiger partial charge in [-0.05, 0) is 19.9 Å². The molecular weight excluding hydrogens is 182 g/mol. The highest BCUT2D eigenvalue weighted by Crippen LogP contribution is 2.36. The number of nitrogens with zero attached hydrogens (tertiary/aromatic N) is 1. The predicted molar refractivity (Wildman–Crippen MR) is 50.8 cm³/mol. The summed E-state index contributed by atoms with van der Waals surface area (Å²) in [6.45, 7) is 1.44. The fraction of sp³-hybridized carbons (Fsp3) is 0.900. The number of carbonyl (C=O) groups is 1. The highest BCUT2D eigenvalue weighted by atomic mass is 16.5. The van der Waals surface area contributed by atoms with E-state index in [9.17, 15) is 9.90 Å². The SMILES string of the molecule is CC(=O)O[C@@H]1C[C@@H]2C[C@@H](O)C[C@@H]1N2C. The predicted octanol–water partition coefficient (Wildman–Crippen LogP) is 0.145. The van der Waals surface area contributed by atoms with E-state index in [0.717, 1.165) is 19.3 Å². The summed E-state index contributed by atoms with van der Waals surface area (Å²) in [5.74, 6) is -0.217. The summed E-state index contributed by atoms with van der Waals surface area (Å²) in [6.07, 6.45) is 2.18. The standard InChI is InChI=1S/C10H17NO3/c1-6(12)14-10-4-7-3-8(13)5-9(10)11(7)2/h7-10,13H,3-5H2,1-2H3/t7-,8+,9-,10+/m0/s1. The van der Waals surface area contributed by atoms with Crippen molar-refractivity contribution in [2.45, 2.75) is 50.5 Å². The van der Waals surface area contributed by atoms with Crippen molar-refractivity contribution in [1.82, 2.24) is 4.90 Å². The van der Waals surface area contributed by atoms with Crippen molar-refractivity contribution >= 4 is 5.97 Å². The summed E-state index contributed by atoms with van der Waals surface area (Å²) >= 11 is 0. The molecule has 4 nitrogen and oxygen atoms in total. The van der Waals surface area contributed by atoms with E-state index >= 15 is 0 Å². The summed E-state index contributed by atoms with van der Waals surface area (Å²) in [4.78, 5) is 13.1. The van der Waals surface area contributed by atoms with Gasteiger partial charge in [-0.25, -0.2) is 0 Å². The molecule has 2 bridgehead atoms. The van der Waals surface area contributed by atoms with Gasteiger partial charge in [0.2, 0.25) is 0 Å². The molecule has 2 heterocycles. The molecule has 0 aromatic rings. The zero-order valence-corrected chi connectivity index (χ0v) is 8.64. The van der Waals surface area contributed by atoms with Gasteiger partial charge in [-0.15, -0.1) is 0 Å². The molecule has 2 aliphatic heterocycles. The largest absolute Gasteiger partial charge is 0.461 e. The molecule has 0 amide bonds. The van der Waals surface area contributed by atoms with Gasteiger partial charge in [-0.3, -0.25) is 9.69 Å². The van der Waals surface area contributed by atoms with Crippen LogP contribution in [0.5, 0.6) is 0 Å². The Morgan fingerprint density at radius 3 is 2.79 bits per heavy atom. The van der Waals surface area contributed by atoms with Crippen LogP contribution >= 0.6 is 0 Å². The lowest BCUT2D eigenvalue weighted by Gasteiger charge is -2.34. The minimum Gasteiger partial charge on any atom is -0.461 e. The number of aliphatic hydroxyl groups excluding tert-OH is 1. The van der Waals surface area contributed by atoms with Crippen LogP contribution < -0.4 is 0 Å². The Bertz CT molecular complexity index is 244. The normalized spacial score (nSPS) is 42.5. The van der Waals surface area contributed by atoms with Gasteiger partial charge >= 0.3 is 5.97 Å². The fourth-order valence-electron chi connectivity index (χ4n) is 2.73. The Labute approximate surface area is 83.8 Å². The molecule has 14 heavy (non-hydrogen) atoms. The maximum Gasteiger partial charge on any atom is 0.302 e. The van der Waals surface area contributed by atoms with Crippen molar-refractivity contribution in [2.75, 3.05) is 7.05 Å². The highest BCUT2D eigenvalue weighted by Gasteiger charge is 2.45. The van der Waals surface area contributed by atoms with E-state index < -0.39 is 0 Å². The number of hydrogen-bond donors (Lipinski definition) is 1. The molecule has 0 spiro atoms. The quantitative estimate of drug-likeness (QED) is 0.610. The number of fused-ring (bicyclic) bond motifs is 2. The van der Waals surface area contributed by atoms with Crippen LogP contribution in [0.3, 0.4) is 0 Å². The van der Waals surface area contributed by atoms with Gasteiger partial charge in [0.05, 0.1) is 6.10 Å². The third-order valence-corrected chi connectivity index (χ3v) is 3.41. The van der Waals surface area contributed by atoms with E-state index in [-0.39, 0.29) is 24.2 Å². The molecule has 2 rings (SSSR count). The van der Waals surface area contributed by atoms with E-state index in [1.807, 2.05) is 7.05 Å². The Morgan fingerprint density at radius 1 is 1.43 bits per heavy atom. The van der Waals surface area contributed by atoms with Crippen LogP contribution in [-0.2, 0) is 9.53 Å². The summed E-state index contributed by atoms with van der Waals surface area (Å²) < 4.78 is 5.25. The Morgan fingerprint density at radius 2 is 2.14 bits per heavy atom. The van der Waals surface area contributed by atoms with Crippen molar-refractivity contribution in [3.8, 4) is 0 Å². The van der Waals surface area contributed by atoms with Crippen LogP contribution in [0.2, 0.25) is 0 Å². The highest BCUT2D eigenvalue weighted by molar-refractivity contribution is 5.66. The lowest BCUT2D eigenvalue weighted by atomic mass is 10.0. The first-order valence-electron chi connectivity index (χ1n) is 5.15. The van der Waals surface area contributed by atoms with Crippen molar-refractivity contribution in [3.05, 3.63) is 0 Å². The van der Waals surface area contributed by atoms with Crippen LogP contribution in [-0.4, -0.2) is 47.3 Å². The summed E-state index contributed by atoms with van der Waals surface area (Å²) in [7, 11) is 2.05. The molecule has 1 N–H and O–H groups in total. The number of esters is 1. The van der Waals surface area contributed by atoms with Crippen molar-refractivity contribution in [1.29, 1.82) is 0 Å². The molecular formula is C10H17NO3. The lowest BCUT2D eigenvalue weighted by Crippen LogP contribution is -2.44. The molecule has 4 atom stereocenters. The average Bonchev–Trinajstić information content (AvgIpc) is 2.30. The number of likely N-dealkylation sites (N-methyl/N-ethyl adjacent to an activating group) is 1. The van der Waals surface area contributed by atoms with E-state index in [2.05, 4.69) is 4.90 Å². The van der Waals surface area contributed by atoms with Crippen LogP contribution in [0, 0.1) is 0 Å². The molecule has 0 aromatic carbocycles. The van der Waals surface area contributed by atoms with E-state index in [1.165, 1.54) is 6.92 Å². The van der Waals surface area contributed by atoms with Crippen LogP contribution in [0.15, 0.2) is 0 Å². The van der Waals surface area contributed by atoms with Crippen LogP contribution in [0.1, 0.15) is 26.2 Å². The molecule has 0 aliphatic carbocycles. The first-order chi connectivity index (χ1) is 6.58. The summed E-state index contributed by atoms with van der Waals surface area (Å²) in [5.41, 5.74) is 0. The van der Waals surface area contributed by atoms with Crippen molar-refractivity contribution in [2.24, 2.45) is 0 Å². The molecule has 80 valence electrons. The third-order valence-electron chi connectivity index (χ3n) is 3.41. The van der Waals surface area contributed by atoms with Crippen LogP contribution in [0.25, 0.3) is 0 Å². The third kappa shape index (κ3) is 1.64. The van der Waals surface area contributed by atoms with Crippen LogP contribution in [0.4, 0.5) is 0 Å². The molecule has 2 fully saturated rings. The van der Waals surface area contributed by atoms with Gasteiger partial charge in [-0.2, -0.15) is 0 Å². The molecule has 0 radical (unpaired) electrons. The second kappa shape index (κ2) is 3.51. The molecule has 4 heteroatoms. The van der Waals surface area contributed by atoms with E-state index in [0.29, 0.717) is 6.04 Å². The minimum absolute atomic E-state index is 0.0142. The average molecular weight is 199 g/mol. The smallest absolute Gasteiger partial charge is 0.302 e. The second-order valence-electron chi connectivity index (χ2n) is 4.40. The topological polar surface area (TPSA) is 49.8 Å². The number of rotatable bonds is 1. The molecule has 0 aromatic heterocycles. The van der Waals surface area contributed by atoms with E-state index in [4.69, 9.17) is 4.74 Å². The second-order valence-corrected chi connectivity index (χ2v) is 4.40. The zero-order valence-electron chi connectivity index (χ0n) is 8.64. The fourth-order valence-corrected chi connectivity index (χ4v) is 2.73. The number of ether oxygens (including phenoxy) is 1. The molecule has 0 saturated carbocycles. The van der Waals surface area contributed by atoms with Gasteiger partial charge in [0.1, 0.15) is 6.10 Å². The summed E-state index contributed by atoms with van der Waals surface area (Å²) in [5, 5.41) is 9.59. The zero-order chi connectivity index (χ0) is 10.3. The maximum absolute atomic E-state index is 10.9. The van der Waals surface area contributed by atoms with Crippen molar-refractivity contribution in [3.63, 3.8) is 0 Å². The number of aliphatic hydroxyl groups is 1. The molecule has 2 saturated heterocycles. The Balaban J connectivity index is 2.05. The van der Waals surface area contributed by atoms with Gasteiger partial charge in [0.25, 0.3) is 0 Å². The first-order valence-corrected chi connectivity index (χ1v) is 5.15. The molecule has 2 aliphatic rings. The van der Waals surface area contributed by atoms with Gasteiger partial charge in [0, 0.05) is 25.4 Å².